The zero-order valence-electron chi connectivity index (χ0n) is 12.5. The van der Waals surface area contributed by atoms with E-state index < -0.39 is 0 Å². The highest BCUT2D eigenvalue weighted by Gasteiger charge is 1.98. The third kappa shape index (κ3) is 5.69. The molecule has 2 aromatic carbocycles. The van der Waals surface area contributed by atoms with E-state index in [1.165, 1.54) is 11.1 Å². The van der Waals surface area contributed by atoms with Gasteiger partial charge in [0.15, 0.2) is 5.96 Å². The van der Waals surface area contributed by atoms with Crippen molar-refractivity contribution in [3.05, 3.63) is 71.8 Å². The zero-order valence-corrected chi connectivity index (χ0v) is 12.5. The van der Waals surface area contributed by atoms with Crippen LogP contribution < -0.4 is 10.6 Å². The first-order valence-corrected chi connectivity index (χ1v) is 7.41. The van der Waals surface area contributed by atoms with Gasteiger partial charge >= 0.3 is 0 Å². The normalized spacial score (nSPS) is 9.95. The second-order valence-electron chi connectivity index (χ2n) is 4.90. The number of aliphatic imine (C=N–C) groups is 1. The van der Waals surface area contributed by atoms with Gasteiger partial charge in [0, 0.05) is 20.1 Å². The highest BCUT2D eigenvalue weighted by Crippen LogP contribution is 1.99. The average Bonchev–Trinajstić information content (AvgIpc) is 2.55. The first-order valence-electron chi connectivity index (χ1n) is 7.41. The standard InChI is InChI=1S/C18H23N3/c1-19-18(20-14-12-16-8-4-2-5-9-16)21-15-13-17-10-6-3-7-11-17/h2-11H,12-15H2,1H3,(H2,19,20,21). The second kappa shape index (κ2) is 8.80. The summed E-state index contributed by atoms with van der Waals surface area (Å²) in [5.74, 6) is 0.863. The molecular formula is C18H23N3. The molecule has 0 atom stereocenters. The minimum absolute atomic E-state index is 0.863. The molecule has 0 fully saturated rings. The molecule has 2 aromatic rings. The van der Waals surface area contributed by atoms with Crippen LogP contribution in [-0.4, -0.2) is 26.1 Å². The Balaban J connectivity index is 1.67. The van der Waals surface area contributed by atoms with Crippen LogP contribution >= 0.6 is 0 Å². The van der Waals surface area contributed by atoms with Gasteiger partial charge in [-0.3, -0.25) is 4.99 Å². The lowest BCUT2D eigenvalue weighted by atomic mass is 10.1. The van der Waals surface area contributed by atoms with E-state index in [1.807, 2.05) is 12.1 Å². The first-order chi connectivity index (χ1) is 10.4. The van der Waals surface area contributed by atoms with Crippen LogP contribution in [0.3, 0.4) is 0 Å². The Bertz CT molecular complexity index is 487. The summed E-state index contributed by atoms with van der Waals surface area (Å²) in [7, 11) is 1.81. The Hall–Kier alpha value is -2.29. The van der Waals surface area contributed by atoms with Crippen LogP contribution in [0.1, 0.15) is 11.1 Å². The van der Waals surface area contributed by atoms with Gasteiger partial charge in [-0.25, -0.2) is 0 Å². The van der Waals surface area contributed by atoms with Gasteiger partial charge in [-0.15, -0.1) is 0 Å². The van der Waals surface area contributed by atoms with Gasteiger partial charge in [0.05, 0.1) is 0 Å². The number of benzene rings is 2. The molecule has 0 aromatic heterocycles. The van der Waals surface area contributed by atoms with E-state index in [0.29, 0.717) is 0 Å². The van der Waals surface area contributed by atoms with E-state index in [9.17, 15) is 0 Å². The van der Waals surface area contributed by atoms with Crippen LogP contribution in [0.5, 0.6) is 0 Å². The summed E-state index contributed by atoms with van der Waals surface area (Å²) in [5, 5.41) is 6.69. The van der Waals surface area contributed by atoms with E-state index in [2.05, 4.69) is 64.2 Å². The molecule has 21 heavy (non-hydrogen) atoms. The summed E-state index contributed by atoms with van der Waals surface area (Å²) < 4.78 is 0. The molecule has 2 N–H and O–H groups in total. The summed E-state index contributed by atoms with van der Waals surface area (Å²) in [4.78, 5) is 4.24. The molecule has 0 radical (unpaired) electrons. The van der Waals surface area contributed by atoms with Gasteiger partial charge in [0.25, 0.3) is 0 Å². The second-order valence-corrected chi connectivity index (χ2v) is 4.90. The maximum absolute atomic E-state index is 4.24. The molecular weight excluding hydrogens is 258 g/mol. The average molecular weight is 281 g/mol. The molecule has 0 aliphatic heterocycles. The summed E-state index contributed by atoms with van der Waals surface area (Å²) >= 11 is 0. The number of guanidine groups is 1. The number of hydrogen-bond acceptors (Lipinski definition) is 1. The number of nitrogens with zero attached hydrogens (tertiary/aromatic N) is 1. The third-order valence-electron chi connectivity index (χ3n) is 3.32. The Morgan fingerprint density at radius 3 is 1.57 bits per heavy atom. The fraction of sp³-hybridized carbons (Fsp3) is 0.278. The minimum atomic E-state index is 0.863. The lowest BCUT2D eigenvalue weighted by Crippen LogP contribution is -2.39. The van der Waals surface area contributed by atoms with Crippen molar-refractivity contribution in [2.75, 3.05) is 20.1 Å². The maximum atomic E-state index is 4.24. The molecule has 0 saturated carbocycles. The molecule has 0 saturated heterocycles. The molecule has 110 valence electrons. The quantitative estimate of drug-likeness (QED) is 0.631. The minimum Gasteiger partial charge on any atom is -0.356 e. The van der Waals surface area contributed by atoms with Gasteiger partial charge in [0.2, 0.25) is 0 Å². The van der Waals surface area contributed by atoms with Crippen molar-refractivity contribution in [2.24, 2.45) is 4.99 Å². The molecule has 0 heterocycles. The van der Waals surface area contributed by atoms with E-state index in [0.717, 1.165) is 31.9 Å². The molecule has 0 aliphatic rings. The van der Waals surface area contributed by atoms with E-state index in [-0.39, 0.29) is 0 Å². The van der Waals surface area contributed by atoms with Gasteiger partial charge < -0.3 is 10.6 Å². The van der Waals surface area contributed by atoms with E-state index in [4.69, 9.17) is 0 Å². The SMILES string of the molecule is CN=C(NCCc1ccccc1)NCCc1ccccc1. The van der Waals surface area contributed by atoms with E-state index >= 15 is 0 Å². The van der Waals surface area contributed by atoms with Crippen molar-refractivity contribution in [3.63, 3.8) is 0 Å². The molecule has 0 unspecified atom stereocenters. The predicted octanol–water partition coefficient (Wildman–Crippen LogP) is 2.64. The van der Waals surface area contributed by atoms with Gasteiger partial charge in [-0.1, -0.05) is 60.7 Å². The topological polar surface area (TPSA) is 36.4 Å². The van der Waals surface area contributed by atoms with Crippen LogP contribution in [0.25, 0.3) is 0 Å². The summed E-state index contributed by atoms with van der Waals surface area (Å²) in [6, 6.07) is 21.0. The molecule has 0 amide bonds. The van der Waals surface area contributed by atoms with E-state index in [1.54, 1.807) is 7.05 Å². The van der Waals surface area contributed by atoms with Crippen molar-refractivity contribution in [1.82, 2.24) is 10.6 Å². The molecule has 3 heteroatoms. The smallest absolute Gasteiger partial charge is 0.190 e. The van der Waals surface area contributed by atoms with Gasteiger partial charge in [-0.2, -0.15) is 0 Å². The maximum Gasteiger partial charge on any atom is 0.190 e. The van der Waals surface area contributed by atoms with Crippen molar-refractivity contribution >= 4 is 5.96 Å². The van der Waals surface area contributed by atoms with Crippen molar-refractivity contribution in [2.45, 2.75) is 12.8 Å². The van der Waals surface area contributed by atoms with Crippen molar-refractivity contribution in [1.29, 1.82) is 0 Å². The fourth-order valence-electron chi connectivity index (χ4n) is 2.16. The molecule has 0 aliphatic carbocycles. The third-order valence-corrected chi connectivity index (χ3v) is 3.32. The van der Waals surface area contributed by atoms with Gasteiger partial charge in [-0.05, 0) is 24.0 Å². The largest absolute Gasteiger partial charge is 0.356 e. The van der Waals surface area contributed by atoms with Crippen LogP contribution in [0.2, 0.25) is 0 Å². The summed E-state index contributed by atoms with van der Waals surface area (Å²) in [6.45, 7) is 1.77. The van der Waals surface area contributed by atoms with Crippen LogP contribution in [0.4, 0.5) is 0 Å². The number of nitrogens with one attached hydrogen (secondary N) is 2. The Morgan fingerprint density at radius 2 is 1.19 bits per heavy atom. The molecule has 0 bridgehead atoms. The molecule has 0 spiro atoms. The fourth-order valence-corrected chi connectivity index (χ4v) is 2.16. The van der Waals surface area contributed by atoms with Crippen molar-refractivity contribution in [3.8, 4) is 0 Å². The van der Waals surface area contributed by atoms with Gasteiger partial charge in [0.1, 0.15) is 0 Å². The highest BCUT2D eigenvalue weighted by atomic mass is 15.2. The van der Waals surface area contributed by atoms with Crippen LogP contribution in [0.15, 0.2) is 65.7 Å². The number of hydrogen-bond donors (Lipinski definition) is 2. The Kier molecular flexibility index (Phi) is 6.33. The Morgan fingerprint density at radius 1 is 0.762 bits per heavy atom. The van der Waals surface area contributed by atoms with Crippen LogP contribution in [0, 0.1) is 0 Å². The summed E-state index contributed by atoms with van der Waals surface area (Å²) in [5.41, 5.74) is 2.68. The Labute approximate surface area is 127 Å². The lowest BCUT2D eigenvalue weighted by molar-refractivity contribution is 0.784. The van der Waals surface area contributed by atoms with Crippen molar-refractivity contribution < 1.29 is 0 Å². The zero-order chi connectivity index (χ0) is 14.8. The number of rotatable bonds is 6. The summed E-state index contributed by atoms with van der Waals surface area (Å²) in [6.07, 6.45) is 2.00. The highest BCUT2D eigenvalue weighted by molar-refractivity contribution is 5.79. The lowest BCUT2D eigenvalue weighted by Gasteiger charge is -2.12. The molecule has 2 rings (SSSR count). The predicted molar refractivity (Wildman–Crippen MR) is 89.7 cm³/mol. The first kappa shape index (κ1) is 15.1. The van der Waals surface area contributed by atoms with Crippen LogP contribution in [-0.2, 0) is 12.8 Å². The molecule has 3 nitrogen and oxygen atoms in total. The monoisotopic (exact) mass is 281 g/mol.